The molecule has 0 aliphatic rings. The van der Waals surface area contributed by atoms with Crippen LogP contribution in [0.25, 0.3) is 0 Å². The smallest absolute Gasteiger partial charge is 0.340 e. The van der Waals surface area contributed by atoms with Gasteiger partial charge in [0.05, 0.1) is 36.2 Å². The average Bonchev–Trinajstić information content (AvgIpc) is 2.28. The van der Waals surface area contributed by atoms with E-state index in [9.17, 15) is 9.59 Å². The minimum atomic E-state index is -1.04. The number of ether oxygens (including phenoxy) is 1. The molecule has 6 heteroatoms. The van der Waals surface area contributed by atoms with Gasteiger partial charge in [-0.05, 0) is 13.0 Å². The molecule has 1 aromatic rings. The minimum absolute atomic E-state index is 0.199. The van der Waals surface area contributed by atoms with Crippen molar-refractivity contribution in [2.45, 2.75) is 13.3 Å². The monoisotopic (exact) mass is 252 g/mol. The molecule has 0 radical (unpaired) electrons. The molecule has 0 aromatic carbocycles. The molecule has 1 rings (SSSR count). The number of nitrogens with zero attached hydrogens (tertiary/aromatic N) is 2. The Balaban J connectivity index is 3.17. The van der Waals surface area contributed by atoms with Crippen LogP contribution < -0.4 is 4.90 Å². The summed E-state index contributed by atoms with van der Waals surface area (Å²) < 4.78 is 4.89. The van der Waals surface area contributed by atoms with Gasteiger partial charge >= 0.3 is 11.9 Å². The summed E-state index contributed by atoms with van der Waals surface area (Å²) in [4.78, 5) is 28.3. The maximum absolute atomic E-state index is 11.7. The normalized spacial score (nSPS) is 9.94. The summed E-state index contributed by atoms with van der Waals surface area (Å²) in [6, 6.07) is 1.59. The number of carboxylic acids is 1. The number of aliphatic carboxylic acids is 1. The van der Waals surface area contributed by atoms with E-state index in [1.165, 1.54) is 6.20 Å². The number of anilines is 1. The van der Waals surface area contributed by atoms with Crippen molar-refractivity contribution in [1.29, 1.82) is 0 Å². The Labute approximate surface area is 105 Å². The van der Waals surface area contributed by atoms with Crippen molar-refractivity contribution in [3.63, 3.8) is 0 Å². The number of rotatable bonds is 5. The second-order valence-corrected chi connectivity index (χ2v) is 3.87. The molecule has 18 heavy (non-hydrogen) atoms. The standard InChI is InChI=1S/C12H16N2O4/c1-4-18-12(17)9-5-8(14(2)3)7-13-10(9)6-11(15)16/h5,7H,4,6H2,1-3H3,(H,15,16). The van der Waals surface area contributed by atoms with Gasteiger partial charge in [0.1, 0.15) is 0 Å². The summed E-state index contributed by atoms with van der Waals surface area (Å²) in [6.45, 7) is 1.93. The lowest BCUT2D eigenvalue weighted by Crippen LogP contribution is -2.16. The van der Waals surface area contributed by atoms with Crippen LogP contribution in [0.1, 0.15) is 23.0 Å². The molecule has 0 fully saturated rings. The highest BCUT2D eigenvalue weighted by Gasteiger charge is 2.17. The minimum Gasteiger partial charge on any atom is -0.481 e. The summed E-state index contributed by atoms with van der Waals surface area (Å²) >= 11 is 0. The molecule has 0 unspecified atom stereocenters. The molecule has 0 saturated heterocycles. The number of carbonyl (C=O) groups is 2. The summed E-state index contributed by atoms with van der Waals surface area (Å²) in [5.41, 5.74) is 1.13. The van der Waals surface area contributed by atoms with E-state index in [-0.39, 0.29) is 24.3 Å². The Bertz CT molecular complexity index is 457. The van der Waals surface area contributed by atoms with Gasteiger partial charge < -0.3 is 14.7 Å². The van der Waals surface area contributed by atoms with Crippen LogP contribution in [0, 0.1) is 0 Å². The van der Waals surface area contributed by atoms with Crippen molar-refractivity contribution >= 4 is 17.6 Å². The topological polar surface area (TPSA) is 79.7 Å². The molecule has 98 valence electrons. The van der Waals surface area contributed by atoms with E-state index in [0.29, 0.717) is 5.69 Å². The van der Waals surface area contributed by atoms with Crippen LogP contribution in [-0.2, 0) is 16.0 Å². The summed E-state index contributed by atoms with van der Waals surface area (Å²) in [7, 11) is 3.62. The number of pyridine rings is 1. The molecule has 6 nitrogen and oxygen atoms in total. The summed E-state index contributed by atoms with van der Waals surface area (Å²) in [6.07, 6.45) is 1.23. The molecule has 0 spiro atoms. The SMILES string of the molecule is CCOC(=O)c1cc(N(C)C)cnc1CC(=O)O. The van der Waals surface area contributed by atoms with E-state index in [1.807, 2.05) is 14.1 Å². The van der Waals surface area contributed by atoms with Gasteiger partial charge in [-0.3, -0.25) is 9.78 Å². The fourth-order valence-corrected chi connectivity index (χ4v) is 1.40. The highest BCUT2D eigenvalue weighted by atomic mass is 16.5. The zero-order valence-electron chi connectivity index (χ0n) is 10.6. The Hall–Kier alpha value is -2.11. The predicted molar refractivity (Wildman–Crippen MR) is 65.9 cm³/mol. The van der Waals surface area contributed by atoms with Gasteiger partial charge in [-0.1, -0.05) is 0 Å². The lowest BCUT2D eigenvalue weighted by molar-refractivity contribution is -0.136. The van der Waals surface area contributed by atoms with Crippen molar-refractivity contribution in [2.75, 3.05) is 25.6 Å². The zero-order valence-corrected chi connectivity index (χ0v) is 10.6. The van der Waals surface area contributed by atoms with Crippen molar-refractivity contribution in [3.05, 3.63) is 23.5 Å². The van der Waals surface area contributed by atoms with Gasteiger partial charge in [0.25, 0.3) is 0 Å². The number of aromatic nitrogens is 1. The molecular formula is C12H16N2O4. The first-order valence-corrected chi connectivity index (χ1v) is 5.50. The molecule has 0 aliphatic carbocycles. The van der Waals surface area contributed by atoms with E-state index >= 15 is 0 Å². The molecule has 1 aromatic heterocycles. The largest absolute Gasteiger partial charge is 0.481 e. The first-order valence-electron chi connectivity index (χ1n) is 5.50. The van der Waals surface area contributed by atoms with Crippen LogP contribution >= 0.6 is 0 Å². The number of hydrogen-bond donors (Lipinski definition) is 1. The van der Waals surface area contributed by atoms with Crippen LogP contribution in [0.2, 0.25) is 0 Å². The van der Waals surface area contributed by atoms with Gasteiger partial charge in [-0.2, -0.15) is 0 Å². The number of carboxylic acid groups (broad SMARTS) is 1. The van der Waals surface area contributed by atoms with Gasteiger partial charge in [0.15, 0.2) is 0 Å². The van der Waals surface area contributed by atoms with E-state index in [0.717, 1.165) is 0 Å². The molecule has 0 bridgehead atoms. The molecule has 0 saturated carbocycles. The number of hydrogen-bond acceptors (Lipinski definition) is 5. The maximum atomic E-state index is 11.7. The predicted octanol–water partition coefficient (Wildman–Crippen LogP) is 0.951. The zero-order chi connectivity index (χ0) is 13.7. The Morgan fingerprint density at radius 3 is 2.61 bits per heavy atom. The van der Waals surface area contributed by atoms with Gasteiger partial charge in [-0.15, -0.1) is 0 Å². The average molecular weight is 252 g/mol. The fourth-order valence-electron chi connectivity index (χ4n) is 1.40. The molecular weight excluding hydrogens is 236 g/mol. The maximum Gasteiger partial charge on any atom is 0.340 e. The third-order valence-electron chi connectivity index (χ3n) is 2.29. The van der Waals surface area contributed by atoms with E-state index < -0.39 is 11.9 Å². The second kappa shape index (κ2) is 6.00. The number of carbonyl (C=O) groups excluding carboxylic acids is 1. The van der Waals surface area contributed by atoms with Crippen LogP contribution in [-0.4, -0.2) is 42.7 Å². The second-order valence-electron chi connectivity index (χ2n) is 3.87. The quantitative estimate of drug-likeness (QED) is 0.786. The van der Waals surface area contributed by atoms with Gasteiger partial charge in [0, 0.05) is 14.1 Å². The molecule has 1 heterocycles. The van der Waals surface area contributed by atoms with Crippen LogP contribution in [0.4, 0.5) is 5.69 Å². The van der Waals surface area contributed by atoms with Crippen LogP contribution in [0.5, 0.6) is 0 Å². The highest BCUT2D eigenvalue weighted by Crippen LogP contribution is 2.17. The van der Waals surface area contributed by atoms with Crippen molar-refractivity contribution < 1.29 is 19.4 Å². The van der Waals surface area contributed by atoms with Gasteiger partial charge in [0.2, 0.25) is 0 Å². The summed E-state index contributed by atoms with van der Waals surface area (Å²) in [5, 5.41) is 8.78. The highest BCUT2D eigenvalue weighted by molar-refractivity contribution is 5.92. The van der Waals surface area contributed by atoms with Crippen LogP contribution in [0.15, 0.2) is 12.3 Å². The van der Waals surface area contributed by atoms with Gasteiger partial charge in [-0.25, -0.2) is 4.79 Å². The molecule has 0 aliphatic heterocycles. The van der Waals surface area contributed by atoms with Crippen LogP contribution in [0.3, 0.4) is 0 Å². The van der Waals surface area contributed by atoms with Crippen molar-refractivity contribution in [3.8, 4) is 0 Å². The lowest BCUT2D eigenvalue weighted by atomic mass is 10.1. The third kappa shape index (κ3) is 3.44. The van der Waals surface area contributed by atoms with E-state index in [2.05, 4.69) is 4.98 Å². The van der Waals surface area contributed by atoms with Crippen molar-refractivity contribution in [1.82, 2.24) is 4.98 Å². The number of esters is 1. The molecule has 0 amide bonds. The molecule has 1 N–H and O–H groups in total. The first-order chi connectivity index (χ1) is 8.45. The lowest BCUT2D eigenvalue weighted by Gasteiger charge is -2.14. The Kier molecular flexibility index (Phi) is 4.65. The van der Waals surface area contributed by atoms with E-state index in [4.69, 9.17) is 9.84 Å². The third-order valence-corrected chi connectivity index (χ3v) is 2.29. The first kappa shape index (κ1) is 14.0. The molecule has 0 atom stereocenters. The Morgan fingerprint density at radius 1 is 1.44 bits per heavy atom. The summed E-state index contributed by atoms with van der Waals surface area (Å²) in [5.74, 6) is -1.59. The van der Waals surface area contributed by atoms with E-state index in [1.54, 1.807) is 17.9 Å². The fraction of sp³-hybridized carbons (Fsp3) is 0.417. The van der Waals surface area contributed by atoms with Crippen molar-refractivity contribution in [2.24, 2.45) is 0 Å². The Morgan fingerprint density at radius 2 is 2.11 bits per heavy atom.